The van der Waals surface area contributed by atoms with E-state index in [2.05, 4.69) is 19.2 Å². The van der Waals surface area contributed by atoms with Gasteiger partial charge in [-0.3, -0.25) is 9.59 Å². The van der Waals surface area contributed by atoms with Crippen LogP contribution in [0, 0.1) is 11.3 Å². The van der Waals surface area contributed by atoms with Gasteiger partial charge in [-0.1, -0.05) is 27.7 Å². The van der Waals surface area contributed by atoms with Crippen molar-refractivity contribution in [1.29, 1.82) is 0 Å². The molecule has 4 heteroatoms. The van der Waals surface area contributed by atoms with Crippen molar-refractivity contribution in [2.45, 2.75) is 59.2 Å². The van der Waals surface area contributed by atoms with Gasteiger partial charge >= 0.3 is 0 Å². The van der Waals surface area contributed by atoms with Gasteiger partial charge < -0.3 is 10.2 Å². The van der Waals surface area contributed by atoms with Gasteiger partial charge in [-0.05, 0) is 24.7 Å². The van der Waals surface area contributed by atoms with Crippen LogP contribution in [0.2, 0.25) is 0 Å². The molecule has 1 aliphatic heterocycles. The SMILES string of the molecule is CC1NC(=O)C(C(C)C)N(C2CC2(C)C)C1=O. The van der Waals surface area contributed by atoms with Gasteiger partial charge in [-0.15, -0.1) is 0 Å². The lowest BCUT2D eigenvalue weighted by Crippen LogP contribution is -2.65. The Labute approximate surface area is 103 Å². The molecule has 0 bridgehead atoms. The molecule has 0 spiro atoms. The number of carbonyl (C=O) groups excluding carboxylic acids is 2. The molecular formula is C13H22N2O2. The molecule has 0 aromatic heterocycles. The van der Waals surface area contributed by atoms with Crippen molar-refractivity contribution >= 4 is 11.8 Å². The van der Waals surface area contributed by atoms with Gasteiger partial charge in [0.1, 0.15) is 12.1 Å². The van der Waals surface area contributed by atoms with E-state index in [1.807, 2.05) is 18.7 Å². The number of hydrogen-bond donors (Lipinski definition) is 1. The van der Waals surface area contributed by atoms with Crippen molar-refractivity contribution in [3.63, 3.8) is 0 Å². The predicted octanol–water partition coefficient (Wildman–Crippen LogP) is 1.16. The summed E-state index contributed by atoms with van der Waals surface area (Å²) in [6, 6.07) is -0.449. The molecule has 96 valence electrons. The fourth-order valence-electron chi connectivity index (χ4n) is 2.73. The Balaban J connectivity index is 2.28. The summed E-state index contributed by atoms with van der Waals surface area (Å²) in [7, 11) is 0. The highest BCUT2D eigenvalue weighted by Crippen LogP contribution is 2.50. The molecule has 0 aromatic carbocycles. The van der Waals surface area contributed by atoms with E-state index >= 15 is 0 Å². The Bertz CT molecular complexity index is 362. The van der Waals surface area contributed by atoms with Crippen LogP contribution in [0.15, 0.2) is 0 Å². The smallest absolute Gasteiger partial charge is 0.245 e. The van der Waals surface area contributed by atoms with Crippen LogP contribution in [0.5, 0.6) is 0 Å². The quantitative estimate of drug-likeness (QED) is 0.784. The first-order valence-corrected chi connectivity index (χ1v) is 6.38. The maximum atomic E-state index is 12.3. The summed E-state index contributed by atoms with van der Waals surface area (Å²) in [4.78, 5) is 26.1. The Morgan fingerprint density at radius 3 is 2.29 bits per heavy atom. The zero-order valence-corrected chi connectivity index (χ0v) is 11.3. The highest BCUT2D eigenvalue weighted by molar-refractivity contribution is 5.97. The fourth-order valence-corrected chi connectivity index (χ4v) is 2.73. The number of carbonyl (C=O) groups is 2. The zero-order chi connectivity index (χ0) is 13.0. The molecule has 0 aromatic rings. The number of rotatable bonds is 2. The standard InChI is InChI=1S/C13H22N2O2/c1-7(2)10-11(16)14-8(3)12(17)15(10)9-6-13(9,4)5/h7-10H,6H2,1-5H3,(H,14,16). The van der Waals surface area contributed by atoms with E-state index in [-0.39, 0.29) is 41.3 Å². The molecule has 2 amide bonds. The molecule has 1 saturated carbocycles. The summed E-state index contributed by atoms with van der Waals surface area (Å²) in [5.74, 6) is 0.219. The third-order valence-electron chi connectivity index (χ3n) is 3.98. The predicted molar refractivity (Wildman–Crippen MR) is 65.3 cm³/mol. The molecule has 17 heavy (non-hydrogen) atoms. The molecule has 0 radical (unpaired) electrons. The lowest BCUT2D eigenvalue weighted by atomic mass is 9.96. The monoisotopic (exact) mass is 238 g/mol. The molecule has 1 N–H and O–H groups in total. The summed E-state index contributed by atoms with van der Waals surface area (Å²) < 4.78 is 0. The van der Waals surface area contributed by atoms with E-state index in [0.717, 1.165) is 6.42 Å². The second kappa shape index (κ2) is 3.72. The first-order valence-electron chi connectivity index (χ1n) is 6.38. The molecule has 2 rings (SSSR count). The molecule has 3 unspecified atom stereocenters. The molecule has 1 heterocycles. The average molecular weight is 238 g/mol. The van der Waals surface area contributed by atoms with Gasteiger partial charge in [0, 0.05) is 6.04 Å². The molecule has 2 fully saturated rings. The zero-order valence-electron chi connectivity index (χ0n) is 11.3. The van der Waals surface area contributed by atoms with E-state index in [4.69, 9.17) is 0 Å². The Morgan fingerprint density at radius 1 is 1.35 bits per heavy atom. The minimum Gasteiger partial charge on any atom is -0.343 e. The van der Waals surface area contributed by atoms with Gasteiger partial charge in [0.05, 0.1) is 0 Å². The number of piperazine rings is 1. The van der Waals surface area contributed by atoms with Gasteiger partial charge in [0.25, 0.3) is 0 Å². The van der Waals surface area contributed by atoms with Crippen LogP contribution < -0.4 is 5.32 Å². The second-order valence-corrected chi connectivity index (χ2v) is 6.37. The third-order valence-corrected chi connectivity index (χ3v) is 3.98. The van der Waals surface area contributed by atoms with Crippen LogP contribution in [0.3, 0.4) is 0 Å². The van der Waals surface area contributed by atoms with Crippen LogP contribution in [-0.2, 0) is 9.59 Å². The first-order chi connectivity index (χ1) is 7.75. The normalized spacial score (nSPS) is 36.1. The number of nitrogens with zero attached hydrogens (tertiary/aromatic N) is 1. The van der Waals surface area contributed by atoms with Crippen molar-refractivity contribution < 1.29 is 9.59 Å². The lowest BCUT2D eigenvalue weighted by molar-refractivity contribution is -0.152. The first kappa shape index (κ1) is 12.4. The van der Waals surface area contributed by atoms with Gasteiger partial charge in [-0.25, -0.2) is 0 Å². The molecular weight excluding hydrogens is 216 g/mol. The van der Waals surface area contributed by atoms with Crippen LogP contribution in [0.25, 0.3) is 0 Å². The van der Waals surface area contributed by atoms with Gasteiger partial charge in [0.2, 0.25) is 11.8 Å². The van der Waals surface area contributed by atoms with E-state index in [0.29, 0.717) is 0 Å². The maximum Gasteiger partial charge on any atom is 0.245 e. The van der Waals surface area contributed by atoms with Crippen molar-refractivity contribution in [3.05, 3.63) is 0 Å². The Kier molecular flexibility index (Phi) is 2.71. The van der Waals surface area contributed by atoms with E-state index < -0.39 is 0 Å². The third kappa shape index (κ3) is 1.94. The van der Waals surface area contributed by atoms with Crippen molar-refractivity contribution in [2.24, 2.45) is 11.3 Å². The van der Waals surface area contributed by atoms with Gasteiger partial charge in [-0.2, -0.15) is 0 Å². The maximum absolute atomic E-state index is 12.3. The average Bonchev–Trinajstić information content (AvgIpc) is 2.79. The van der Waals surface area contributed by atoms with Crippen molar-refractivity contribution in [3.8, 4) is 0 Å². The Morgan fingerprint density at radius 2 is 1.88 bits per heavy atom. The van der Waals surface area contributed by atoms with Crippen LogP contribution in [0.4, 0.5) is 0 Å². The van der Waals surface area contributed by atoms with Gasteiger partial charge in [0.15, 0.2) is 0 Å². The lowest BCUT2D eigenvalue weighted by Gasteiger charge is -2.41. The largest absolute Gasteiger partial charge is 0.343 e. The van der Waals surface area contributed by atoms with Crippen LogP contribution in [0.1, 0.15) is 41.0 Å². The molecule has 4 nitrogen and oxygen atoms in total. The van der Waals surface area contributed by atoms with Crippen molar-refractivity contribution in [2.75, 3.05) is 0 Å². The Hall–Kier alpha value is -1.06. The summed E-state index contributed by atoms with van der Waals surface area (Å²) in [5.41, 5.74) is 0.167. The van der Waals surface area contributed by atoms with Crippen LogP contribution >= 0.6 is 0 Å². The summed E-state index contributed by atoms with van der Waals surface area (Å²) >= 11 is 0. The number of hydrogen-bond acceptors (Lipinski definition) is 2. The topological polar surface area (TPSA) is 49.4 Å². The van der Waals surface area contributed by atoms with Crippen molar-refractivity contribution in [1.82, 2.24) is 10.2 Å². The minimum absolute atomic E-state index is 0.00481. The molecule has 1 aliphatic carbocycles. The summed E-state index contributed by atoms with van der Waals surface area (Å²) in [6.45, 7) is 10.1. The van der Waals surface area contributed by atoms with E-state index in [9.17, 15) is 9.59 Å². The molecule has 2 aliphatic rings. The fraction of sp³-hybridized carbons (Fsp3) is 0.846. The highest BCUT2D eigenvalue weighted by Gasteiger charge is 2.56. The van der Waals surface area contributed by atoms with Crippen LogP contribution in [-0.4, -0.2) is 34.8 Å². The second-order valence-electron chi connectivity index (χ2n) is 6.37. The highest BCUT2D eigenvalue weighted by atomic mass is 16.2. The summed E-state index contributed by atoms with van der Waals surface area (Å²) in [5, 5.41) is 2.77. The van der Waals surface area contributed by atoms with E-state index in [1.54, 1.807) is 6.92 Å². The number of amides is 2. The number of nitrogens with one attached hydrogen (secondary N) is 1. The molecule has 3 atom stereocenters. The van der Waals surface area contributed by atoms with E-state index in [1.165, 1.54) is 0 Å². The minimum atomic E-state index is -0.381. The summed E-state index contributed by atoms with van der Waals surface area (Å²) in [6.07, 6.45) is 1.00. The molecule has 1 saturated heterocycles.